The predicted octanol–water partition coefficient (Wildman–Crippen LogP) is 0.990. The van der Waals surface area contributed by atoms with E-state index in [1.807, 2.05) is 13.8 Å². The molecule has 0 saturated heterocycles. The SMILES string of the molecule is CC(C)(CO)NC1CCCCC1C(=O)O. The van der Waals surface area contributed by atoms with Crippen LogP contribution in [0.15, 0.2) is 0 Å². The Morgan fingerprint density at radius 1 is 1.40 bits per heavy atom. The van der Waals surface area contributed by atoms with Crippen LogP contribution in [0.3, 0.4) is 0 Å². The molecule has 0 aliphatic heterocycles. The van der Waals surface area contributed by atoms with Gasteiger partial charge in [0.2, 0.25) is 0 Å². The van der Waals surface area contributed by atoms with Crippen molar-refractivity contribution in [3.05, 3.63) is 0 Å². The fourth-order valence-electron chi connectivity index (χ4n) is 2.15. The van der Waals surface area contributed by atoms with Crippen LogP contribution in [0.5, 0.6) is 0 Å². The van der Waals surface area contributed by atoms with Crippen LogP contribution in [0.2, 0.25) is 0 Å². The maximum Gasteiger partial charge on any atom is 0.308 e. The van der Waals surface area contributed by atoms with Gasteiger partial charge in [-0.05, 0) is 26.7 Å². The second-order valence-electron chi connectivity index (χ2n) is 5.02. The van der Waals surface area contributed by atoms with Crippen LogP contribution in [0, 0.1) is 5.92 Å². The molecule has 0 aromatic heterocycles. The third-order valence-electron chi connectivity index (χ3n) is 3.05. The van der Waals surface area contributed by atoms with Gasteiger partial charge in [0.25, 0.3) is 0 Å². The molecule has 0 spiro atoms. The molecule has 4 nitrogen and oxygen atoms in total. The molecule has 1 aliphatic carbocycles. The normalized spacial score (nSPS) is 27.7. The Hall–Kier alpha value is -0.610. The summed E-state index contributed by atoms with van der Waals surface area (Å²) in [7, 11) is 0. The van der Waals surface area contributed by atoms with Crippen LogP contribution < -0.4 is 5.32 Å². The summed E-state index contributed by atoms with van der Waals surface area (Å²) in [6.45, 7) is 3.80. The predicted molar refractivity (Wildman–Crippen MR) is 57.7 cm³/mol. The highest BCUT2D eigenvalue weighted by molar-refractivity contribution is 5.71. The van der Waals surface area contributed by atoms with Gasteiger partial charge in [0.1, 0.15) is 0 Å². The molecule has 0 radical (unpaired) electrons. The van der Waals surface area contributed by atoms with Crippen LogP contribution in [0.4, 0.5) is 0 Å². The second-order valence-corrected chi connectivity index (χ2v) is 5.02. The fraction of sp³-hybridized carbons (Fsp3) is 0.909. The number of aliphatic hydroxyl groups is 1. The van der Waals surface area contributed by atoms with Gasteiger partial charge in [-0.1, -0.05) is 12.8 Å². The van der Waals surface area contributed by atoms with Gasteiger partial charge in [0, 0.05) is 11.6 Å². The van der Waals surface area contributed by atoms with Crippen molar-refractivity contribution in [2.75, 3.05) is 6.61 Å². The zero-order valence-corrected chi connectivity index (χ0v) is 9.49. The van der Waals surface area contributed by atoms with Gasteiger partial charge in [-0.25, -0.2) is 0 Å². The van der Waals surface area contributed by atoms with E-state index < -0.39 is 11.5 Å². The van der Waals surface area contributed by atoms with Gasteiger partial charge in [0.05, 0.1) is 12.5 Å². The summed E-state index contributed by atoms with van der Waals surface area (Å²) in [5, 5.41) is 21.5. The van der Waals surface area contributed by atoms with E-state index in [0.717, 1.165) is 25.7 Å². The molecule has 0 bridgehead atoms. The number of carboxylic acid groups (broad SMARTS) is 1. The molecule has 0 heterocycles. The van der Waals surface area contributed by atoms with E-state index in [4.69, 9.17) is 10.2 Å². The van der Waals surface area contributed by atoms with E-state index in [1.54, 1.807) is 0 Å². The van der Waals surface area contributed by atoms with Gasteiger partial charge in [-0.3, -0.25) is 4.79 Å². The molecule has 4 heteroatoms. The van der Waals surface area contributed by atoms with Crippen molar-refractivity contribution < 1.29 is 15.0 Å². The summed E-state index contributed by atoms with van der Waals surface area (Å²) in [5.74, 6) is -1.02. The lowest BCUT2D eigenvalue weighted by atomic mass is 9.83. The van der Waals surface area contributed by atoms with Crippen LogP contribution in [-0.2, 0) is 4.79 Å². The molecule has 0 amide bonds. The van der Waals surface area contributed by atoms with E-state index in [9.17, 15) is 4.79 Å². The van der Waals surface area contributed by atoms with Crippen molar-refractivity contribution in [3.8, 4) is 0 Å². The largest absolute Gasteiger partial charge is 0.481 e. The molecule has 2 unspecified atom stereocenters. The summed E-state index contributed by atoms with van der Waals surface area (Å²) in [6, 6.07) is -0.00148. The van der Waals surface area contributed by atoms with Gasteiger partial charge in [-0.2, -0.15) is 0 Å². The summed E-state index contributed by atoms with van der Waals surface area (Å²) in [6.07, 6.45) is 3.70. The first-order valence-corrected chi connectivity index (χ1v) is 5.57. The van der Waals surface area contributed by atoms with E-state index in [0.29, 0.717) is 0 Å². The van der Waals surface area contributed by atoms with E-state index in [1.165, 1.54) is 0 Å². The Morgan fingerprint density at radius 3 is 2.53 bits per heavy atom. The highest BCUT2D eigenvalue weighted by Crippen LogP contribution is 2.26. The van der Waals surface area contributed by atoms with Gasteiger partial charge in [0.15, 0.2) is 0 Å². The van der Waals surface area contributed by atoms with Crippen molar-refractivity contribution in [1.82, 2.24) is 5.32 Å². The van der Waals surface area contributed by atoms with Crippen molar-refractivity contribution >= 4 is 5.97 Å². The van der Waals surface area contributed by atoms with Gasteiger partial charge >= 0.3 is 5.97 Å². The second kappa shape index (κ2) is 4.94. The number of aliphatic hydroxyl groups excluding tert-OH is 1. The minimum Gasteiger partial charge on any atom is -0.481 e. The summed E-state index contributed by atoms with van der Waals surface area (Å²) in [4.78, 5) is 11.0. The smallest absolute Gasteiger partial charge is 0.308 e. The standard InChI is InChI=1S/C11H21NO3/c1-11(2,7-13)12-9-6-4-3-5-8(9)10(14)15/h8-9,12-13H,3-7H2,1-2H3,(H,14,15). The maximum absolute atomic E-state index is 11.0. The Morgan fingerprint density at radius 2 is 2.00 bits per heavy atom. The molecule has 1 rings (SSSR count). The maximum atomic E-state index is 11.0. The van der Waals surface area contributed by atoms with E-state index in [-0.39, 0.29) is 18.6 Å². The third kappa shape index (κ3) is 3.47. The van der Waals surface area contributed by atoms with Crippen molar-refractivity contribution in [2.45, 2.75) is 51.1 Å². The first-order chi connectivity index (χ1) is 6.96. The van der Waals surface area contributed by atoms with Gasteiger partial charge < -0.3 is 15.5 Å². The molecule has 1 saturated carbocycles. The lowest BCUT2D eigenvalue weighted by Crippen LogP contribution is -2.53. The van der Waals surface area contributed by atoms with Crippen LogP contribution >= 0.6 is 0 Å². The number of aliphatic carboxylic acids is 1. The lowest BCUT2D eigenvalue weighted by molar-refractivity contribution is -0.144. The average molecular weight is 215 g/mol. The van der Waals surface area contributed by atoms with Crippen LogP contribution in [0.1, 0.15) is 39.5 Å². The average Bonchev–Trinajstić information content (AvgIpc) is 2.18. The number of carboxylic acids is 1. The molecule has 0 aromatic rings. The fourth-order valence-corrected chi connectivity index (χ4v) is 2.15. The molecule has 3 N–H and O–H groups in total. The Bertz CT molecular complexity index is 228. The Balaban J connectivity index is 2.61. The molecule has 1 fully saturated rings. The topological polar surface area (TPSA) is 69.6 Å². The number of hydrogen-bond acceptors (Lipinski definition) is 3. The lowest BCUT2D eigenvalue weighted by Gasteiger charge is -2.36. The monoisotopic (exact) mass is 215 g/mol. The van der Waals surface area contributed by atoms with Crippen LogP contribution in [0.25, 0.3) is 0 Å². The van der Waals surface area contributed by atoms with Crippen molar-refractivity contribution in [1.29, 1.82) is 0 Å². The molecule has 15 heavy (non-hydrogen) atoms. The molecule has 0 aromatic carbocycles. The number of nitrogens with one attached hydrogen (secondary N) is 1. The zero-order valence-electron chi connectivity index (χ0n) is 9.49. The third-order valence-corrected chi connectivity index (χ3v) is 3.05. The Kier molecular flexibility index (Phi) is 4.11. The number of hydrogen-bond donors (Lipinski definition) is 3. The molecule has 1 aliphatic rings. The zero-order chi connectivity index (χ0) is 11.5. The molecular formula is C11H21NO3. The van der Waals surface area contributed by atoms with Crippen molar-refractivity contribution in [3.63, 3.8) is 0 Å². The van der Waals surface area contributed by atoms with E-state index in [2.05, 4.69) is 5.32 Å². The minimum atomic E-state index is -0.721. The summed E-state index contributed by atoms with van der Waals surface area (Å²) < 4.78 is 0. The molecule has 2 atom stereocenters. The summed E-state index contributed by atoms with van der Waals surface area (Å²) in [5.41, 5.74) is -0.393. The number of rotatable bonds is 4. The van der Waals surface area contributed by atoms with Crippen molar-refractivity contribution in [2.24, 2.45) is 5.92 Å². The number of carbonyl (C=O) groups is 1. The quantitative estimate of drug-likeness (QED) is 0.654. The van der Waals surface area contributed by atoms with Gasteiger partial charge in [-0.15, -0.1) is 0 Å². The van der Waals surface area contributed by atoms with Crippen LogP contribution in [-0.4, -0.2) is 34.4 Å². The highest BCUT2D eigenvalue weighted by Gasteiger charge is 2.33. The molecular weight excluding hydrogens is 194 g/mol. The Labute approximate surface area is 90.7 Å². The highest BCUT2D eigenvalue weighted by atomic mass is 16.4. The first kappa shape index (κ1) is 12.5. The molecule has 88 valence electrons. The summed E-state index contributed by atoms with van der Waals surface area (Å²) >= 11 is 0. The van der Waals surface area contributed by atoms with E-state index >= 15 is 0 Å². The first-order valence-electron chi connectivity index (χ1n) is 5.57. The minimum absolute atomic E-state index is 0.00148.